The van der Waals surface area contributed by atoms with E-state index in [1.165, 1.54) is 132 Å². The molecule has 2 aliphatic rings. The lowest BCUT2D eigenvalue weighted by molar-refractivity contribution is 1.58. The minimum atomic E-state index is -3.30. The van der Waals surface area contributed by atoms with Crippen molar-refractivity contribution in [2.24, 2.45) is 0 Å². The predicted octanol–water partition coefficient (Wildman–Crippen LogP) is 16.4. The Morgan fingerprint density at radius 2 is 0.274 bits per heavy atom. The predicted molar refractivity (Wildman–Crippen MR) is 312 cm³/mol. The maximum atomic E-state index is 2.64. The van der Waals surface area contributed by atoms with Crippen LogP contribution >= 0.6 is 0 Å². The fourth-order valence-electron chi connectivity index (χ4n) is 12.3. The zero-order chi connectivity index (χ0) is 48.3. The number of hydrogen-bond acceptors (Lipinski definition) is 0. The molecule has 0 amide bonds. The Hall–Kier alpha value is -9.14. The molecule has 0 N–H and O–H groups in total. The summed E-state index contributed by atoms with van der Waals surface area (Å²) in [5.41, 5.74) is 24.9. The fourth-order valence-corrected chi connectivity index (χ4v) is 17.9. The first-order chi connectivity index (χ1) is 36.2. The van der Waals surface area contributed by atoms with Gasteiger partial charge < -0.3 is 0 Å². The molecule has 14 rings (SSSR count). The summed E-state index contributed by atoms with van der Waals surface area (Å²) in [6, 6.07) is 109. The molecule has 2 heterocycles. The molecule has 12 aromatic carbocycles. The van der Waals surface area contributed by atoms with Crippen molar-refractivity contribution in [2.75, 3.05) is 0 Å². The lowest BCUT2D eigenvalue weighted by Crippen LogP contribution is -2.71. The Labute approximate surface area is 428 Å². The van der Waals surface area contributed by atoms with E-state index < -0.39 is 8.07 Å². The second-order valence-electron chi connectivity index (χ2n) is 19.5. The first-order valence-electron chi connectivity index (χ1n) is 25.4. The summed E-state index contributed by atoms with van der Waals surface area (Å²) in [6.45, 7) is 0. The van der Waals surface area contributed by atoms with Crippen LogP contribution in [-0.4, -0.2) is 8.07 Å². The van der Waals surface area contributed by atoms with Crippen LogP contribution in [-0.2, 0) is 0 Å². The zero-order valence-corrected chi connectivity index (χ0v) is 41.2. The molecule has 12 aromatic rings. The van der Waals surface area contributed by atoms with E-state index in [0.717, 1.165) is 0 Å². The third-order valence-electron chi connectivity index (χ3n) is 15.5. The fraction of sp³-hybridized carbons (Fsp3) is 0. The van der Waals surface area contributed by atoms with E-state index in [0.29, 0.717) is 0 Å². The molecule has 2 aliphatic heterocycles. The quantitative estimate of drug-likeness (QED) is 0.133. The summed E-state index contributed by atoms with van der Waals surface area (Å²) >= 11 is 0. The van der Waals surface area contributed by atoms with E-state index in [4.69, 9.17) is 0 Å². The van der Waals surface area contributed by atoms with E-state index in [1.54, 1.807) is 0 Å². The monoisotopic (exact) mass is 940 g/mol. The molecule has 1 heteroatoms. The van der Waals surface area contributed by atoms with E-state index in [1.807, 2.05) is 0 Å². The van der Waals surface area contributed by atoms with Gasteiger partial charge in [0.25, 0.3) is 0 Å². The van der Waals surface area contributed by atoms with Crippen LogP contribution in [0.3, 0.4) is 0 Å². The van der Waals surface area contributed by atoms with E-state index >= 15 is 0 Å². The second-order valence-corrected chi connectivity index (χ2v) is 23.1. The minimum absolute atomic E-state index is 1.21. The van der Waals surface area contributed by atoms with Crippen molar-refractivity contribution in [3.63, 3.8) is 0 Å². The molecule has 0 radical (unpaired) electrons. The normalized spacial score (nSPS) is 12.5. The van der Waals surface area contributed by atoms with Gasteiger partial charge in [-0.15, -0.1) is 0 Å². The number of benzene rings is 12. The highest BCUT2D eigenvalue weighted by atomic mass is 28.3. The average Bonchev–Trinajstić information content (AvgIpc) is 3.94. The van der Waals surface area contributed by atoms with Gasteiger partial charge in [-0.2, -0.15) is 0 Å². The highest BCUT2D eigenvalue weighted by molar-refractivity contribution is 7.24. The lowest BCUT2D eigenvalue weighted by atomic mass is 9.88. The molecule has 0 saturated carbocycles. The van der Waals surface area contributed by atoms with Gasteiger partial charge in [-0.3, -0.25) is 0 Å². The molecule has 0 saturated heterocycles. The van der Waals surface area contributed by atoms with Crippen LogP contribution in [0.5, 0.6) is 0 Å². The molecule has 0 bridgehead atoms. The van der Waals surface area contributed by atoms with Gasteiger partial charge in [-0.05, 0) is 156 Å². The standard InChI is InChI=1S/C72H48Si/c1-9-25-49(26-10-1)57-41-65-66-42-58(50-27-11-2-12-28-50)62(54-35-19-6-20-36-54)46-70(66)73(69(65)45-61(57)53-33-17-5-18-34-53)71-47-63(55-37-21-7-22-38-55)59(51-29-13-3-14-30-51)43-67(71)68-44-60(52-31-15-4-16-32-52)64(48-72(68)73)56-39-23-8-24-40-56/h1-48H. The van der Waals surface area contributed by atoms with Crippen LogP contribution in [0.15, 0.2) is 291 Å². The summed E-state index contributed by atoms with van der Waals surface area (Å²) in [6.07, 6.45) is 0. The Kier molecular flexibility index (Phi) is 10.3. The van der Waals surface area contributed by atoms with Crippen molar-refractivity contribution in [1.82, 2.24) is 0 Å². The summed E-state index contributed by atoms with van der Waals surface area (Å²) in [5.74, 6) is 0. The van der Waals surface area contributed by atoms with Gasteiger partial charge in [-0.25, -0.2) is 0 Å². The summed E-state index contributed by atoms with van der Waals surface area (Å²) < 4.78 is 0. The van der Waals surface area contributed by atoms with E-state index in [9.17, 15) is 0 Å². The van der Waals surface area contributed by atoms with Crippen LogP contribution in [0, 0.1) is 0 Å². The van der Waals surface area contributed by atoms with Crippen LogP contribution in [0.2, 0.25) is 0 Å². The lowest BCUT2D eigenvalue weighted by Gasteiger charge is -2.30. The van der Waals surface area contributed by atoms with Crippen LogP contribution in [0.25, 0.3) is 111 Å². The Morgan fingerprint density at radius 1 is 0.137 bits per heavy atom. The minimum Gasteiger partial charge on any atom is -0.0622 e. The molecule has 73 heavy (non-hydrogen) atoms. The second kappa shape index (κ2) is 17.6. The van der Waals surface area contributed by atoms with Gasteiger partial charge in [0.15, 0.2) is 8.07 Å². The number of rotatable bonds is 8. The van der Waals surface area contributed by atoms with Crippen LogP contribution < -0.4 is 20.7 Å². The molecule has 340 valence electrons. The summed E-state index contributed by atoms with van der Waals surface area (Å²) in [4.78, 5) is 0. The Bertz CT molecular complexity index is 3470. The highest BCUT2D eigenvalue weighted by Gasteiger charge is 2.55. The largest absolute Gasteiger partial charge is 0.182 e. The van der Waals surface area contributed by atoms with Crippen molar-refractivity contribution in [1.29, 1.82) is 0 Å². The topological polar surface area (TPSA) is 0 Å². The third kappa shape index (κ3) is 6.96. The van der Waals surface area contributed by atoms with Crippen LogP contribution in [0.4, 0.5) is 0 Å². The van der Waals surface area contributed by atoms with Crippen molar-refractivity contribution >= 4 is 28.8 Å². The Balaban J connectivity index is 1.21. The molecular formula is C72H48Si. The van der Waals surface area contributed by atoms with Crippen molar-refractivity contribution in [3.05, 3.63) is 291 Å². The smallest absolute Gasteiger partial charge is 0.0622 e. The number of hydrogen-bond donors (Lipinski definition) is 0. The molecule has 0 atom stereocenters. The maximum Gasteiger partial charge on any atom is 0.182 e. The summed E-state index contributed by atoms with van der Waals surface area (Å²) in [5, 5.41) is 5.73. The highest BCUT2D eigenvalue weighted by Crippen LogP contribution is 2.48. The average molecular weight is 941 g/mol. The van der Waals surface area contributed by atoms with Crippen molar-refractivity contribution in [2.45, 2.75) is 0 Å². The first kappa shape index (κ1) is 42.7. The molecule has 0 unspecified atom stereocenters. The molecule has 0 fully saturated rings. The summed E-state index contributed by atoms with van der Waals surface area (Å²) in [7, 11) is -3.30. The Morgan fingerprint density at radius 3 is 0.425 bits per heavy atom. The van der Waals surface area contributed by atoms with Gasteiger partial charge in [-0.1, -0.05) is 267 Å². The third-order valence-corrected chi connectivity index (χ3v) is 20.4. The van der Waals surface area contributed by atoms with Crippen LogP contribution in [0.1, 0.15) is 0 Å². The van der Waals surface area contributed by atoms with E-state index in [2.05, 4.69) is 291 Å². The molecule has 0 aromatic heterocycles. The molecule has 0 aliphatic carbocycles. The molecule has 1 spiro atoms. The van der Waals surface area contributed by atoms with E-state index in [-0.39, 0.29) is 0 Å². The van der Waals surface area contributed by atoms with Gasteiger partial charge in [0.1, 0.15) is 0 Å². The molecular weight excluding hydrogens is 893 g/mol. The van der Waals surface area contributed by atoms with Crippen molar-refractivity contribution < 1.29 is 0 Å². The van der Waals surface area contributed by atoms with Gasteiger partial charge >= 0.3 is 0 Å². The van der Waals surface area contributed by atoms with Gasteiger partial charge in [0, 0.05) is 0 Å². The SMILES string of the molecule is c1ccc(-c2cc3c(cc2-c2ccccc2)[Si]2(c4cc(-c5ccccc5)c(-c5ccccc5)cc4-3)c3cc(-c4ccccc4)c(-c4ccccc4)cc3-c3cc(-c4ccccc4)c(-c4ccccc4)cc32)cc1. The number of fused-ring (bicyclic) bond motifs is 10. The van der Waals surface area contributed by atoms with Crippen molar-refractivity contribution in [3.8, 4) is 111 Å². The van der Waals surface area contributed by atoms with Gasteiger partial charge in [0.05, 0.1) is 0 Å². The maximum absolute atomic E-state index is 3.30. The zero-order valence-electron chi connectivity index (χ0n) is 40.2. The molecule has 0 nitrogen and oxygen atoms in total. The van der Waals surface area contributed by atoms with Gasteiger partial charge in [0.2, 0.25) is 0 Å². The first-order valence-corrected chi connectivity index (χ1v) is 27.4.